The summed E-state index contributed by atoms with van der Waals surface area (Å²) in [5.74, 6) is -2.95. The van der Waals surface area contributed by atoms with Crippen molar-refractivity contribution < 1.29 is 27.8 Å². The third kappa shape index (κ3) is 5.57. The SMILES string of the molecule is CC/C=C(/C=C(/C(=O)O)c1cc(F)ccc1C)c1c(F)cc(-c2ccc(OCC)cc2)cc1F. The van der Waals surface area contributed by atoms with Gasteiger partial charge in [-0.15, -0.1) is 0 Å². The van der Waals surface area contributed by atoms with E-state index in [2.05, 4.69) is 0 Å². The van der Waals surface area contributed by atoms with Crippen molar-refractivity contribution >= 4 is 17.1 Å². The van der Waals surface area contributed by atoms with E-state index in [1.807, 2.05) is 6.92 Å². The molecule has 0 fully saturated rings. The van der Waals surface area contributed by atoms with E-state index < -0.39 is 23.4 Å². The second-order valence-corrected chi connectivity index (χ2v) is 7.66. The number of carboxylic acid groups (broad SMARTS) is 1. The van der Waals surface area contributed by atoms with Gasteiger partial charge in [-0.1, -0.05) is 31.2 Å². The van der Waals surface area contributed by atoms with Gasteiger partial charge in [-0.3, -0.25) is 0 Å². The fraction of sp³-hybridized carbons (Fsp3) is 0.179. The molecule has 0 aromatic heterocycles. The summed E-state index contributed by atoms with van der Waals surface area (Å²) in [6.07, 6.45) is 3.13. The number of allylic oxidation sites excluding steroid dienone is 3. The van der Waals surface area contributed by atoms with Gasteiger partial charge in [0.05, 0.1) is 17.7 Å². The molecule has 1 N–H and O–H groups in total. The van der Waals surface area contributed by atoms with Crippen LogP contribution in [0.3, 0.4) is 0 Å². The van der Waals surface area contributed by atoms with Crippen LogP contribution in [0.2, 0.25) is 0 Å². The molecule has 0 saturated carbocycles. The molecule has 0 unspecified atom stereocenters. The standard InChI is InChI=1S/C28H25F3O3/c1-4-6-19(13-24(28(32)33)23-16-21(29)10-7-17(23)3)27-25(30)14-20(15-26(27)31)18-8-11-22(12-9-18)34-5-2/h6-16H,4-5H2,1-3H3,(H,32,33)/b19-6-,24-13+. The molecule has 0 atom stereocenters. The summed E-state index contributed by atoms with van der Waals surface area (Å²) in [6, 6.07) is 13.0. The molecule has 0 bridgehead atoms. The minimum absolute atomic E-state index is 0.0665. The van der Waals surface area contributed by atoms with Crippen molar-refractivity contribution in [2.75, 3.05) is 6.61 Å². The number of carbonyl (C=O) groups is 1. The maximum Gasteiger partial charge on any atom is 0.336 e. The van der Waals surface area contributed by atoms with Gasteiger partial charge in [0.15, 0.2) is 0 Å². The molecule has 3 aromatic rings. The second-order valence-electron chi connectivity index (χ2n) is 7.66. The molecule has 0 amide bonds. The highest BCUT2D eigenvalue weighted by molar-refractivity contribution is 6.18. The van der Waals surface area contributed by atoms with Crippen molar-refractivity contribution in [2.24, 2.45) is 0 Å². The molecule has 176 valence electrons. The van der Waals surface area contributed by atoms with Crippen LogP contribution in [0.1, 0.15) is 37.0 Å². The van der Waals surface area contributed by atoms with Gasteiger partial charge >= 0.3 is 5.97 Å². The van der Waals surface area contributed by atoms with Crippen molar-refractivity contribution in [2.45, 2.75) is 27.2 Å². The third-order valence-corrected chi connectivity index (χ3v) is 5.27. The molecule has 3 rings (SSSR count). The lowest BCUT2D eigenvalue weighted by Gasteiger charge is -2.13. The fourth-order valence-electron chi connectivity index (χ4n) is 3.67. The fourth-order valence-corrected chi connectivity index (χ4v) is 3.67. The van der Waals surface area contributed by atoms with Crippen molar-refractivity contribution in [1.82, 2.24) is 0 Å². The van der Waals surface area contributed by atoms with Gasteiger partial charge in [-0.25, -0.2) is 18.0 Å². The quantitative estimate of drug-likeness (QED) is 0.277. The van der Waals surface area contributed by atoms with Gasteiger partial charge in [0.2, 0.25) is 0 Å². The van der Waals surface area contributed by atoms with Crippen LogP contribution in [0.25, 0.3) is 22.3 Å². The Morgan fingerprint density at radius 3 is 2.15 bits per heavy atom. The highest BCUT2D eigenvalue weighted by Crippen LogP contribution is 2.32. The number of ether oxygens (including phenoxy) is 1. The zero-order valence-corrected chi connectivity index (χ0v) is 19.2. The Kier molecular flexibility index (Phi) is 7.95. The molecule has 0 heterocycles. The predicted molar refractivity (Wildman–Crippen MR) is 128 cm³/mol. The van der Waals surface area contributed by atoms with Crippen LogP contribution in [0, 0.1) is 24.4 Å². The van der Waals surface area contributed by atoms with Gasteiger partial charge in [0.1, 0.15) is 23.2 Å². The zero-order valence-electron chi connectivity index (χ0n) is 19.2. The van der Waals surface area contributed by atoms with E-state index in [-0.39, 0.29) is 22.3 Å². The van der Waals surface area contributed by atoms with Gasteiger partial charge in [-0.2, -0.15) is 0 Å². The normalized spacial score (nSPS) is 12.1. The average Bonchev–Trinajstić information content (AvgIpc) is 2.79. The Morgan fingerprint density at radius 1 is 0.941 bits per heavy atom. The first-order valence-corrected chi connectivity index (χ1v) is 10.9. The Labute approximate surface area is 196 Å². The van der Waals surface area contributed by atoms with E-state index in [0.29, 0.717) is 35.5 Å². The molecule has 0 spiro atoms. The molecular weight excluding hydrogens is 441 g/mol. The smallest absolute Gasteiger partial charge is 0.336 e. The van der Waals surface area contributed by atoms with Crippen LogP contribution in [-0.4, -0.2) is 17.7 Å². The first-order chi connectivity index (χ1) is 16.2. The highest BCUT2D eigenvalue weighted by atomic mass is 19.1. The lowest BCUT2D eigenvalue weighted by molar-refractivity contribution is -0.130. The highest BCUT2D eigenvalue weighted by Gasteiger charge is 2.19. The molecule has 0 saturated heterocycles. The third-order valence-electron chi connectivity index (χ3n) is 5.27. The lowest BCUT2D eigenvalue weighted by Crippen LogP contribution is -2.04. The van der Waals surface area contributed by atoms with E-state index >= 15 is 8.78 Å². The molecule has 0 radical (unpaired) electrons. The van der Waals surface area contributed by atoms with E-state index in [4.69, 9.17) is 4.74 Å². The summed E-state index contributed by atoms with van der Waals surface area (Å²) in [6.45, 7) is 5.77. The summed E-state index contributed by atoms with van der Waals surface area (Å²) in [5, 5.41) is 9.78. The average molecular weight is 466 g/mol. The van der Waals surface area contributed by atoms with Gasteiger partial charge in [0.25, 0.3) is 0 Å². The van der Waals surface area contributed by atoms with Crippen LogP contribution in [0.4, 0.5) is 13.2 Å². The number of hydrogen-bond donors (Lipinski definition) is 1. The second kappa shape index (κ2) is 10.9. The number of carboxylic acids is 1. The zero-order chi connectivity index (χ0) is 24.8. The Hall–Kier alpha value is -3.80. The van der Waals surface area contributed by atoms with Crippen molar-refractivity contribution in [3.63, 3.8) is 0 Å². The van der Waals surface area contributed by atoms with Crippen molar-refractivity contribution in [1.29, 1.82) is 0 Å². The van der Waals surface area contributed by atoms with E-state index in [1.165, 1.54) is 36.4 Å². The monoisotopic (exact) mass is 466 g/mol. The molecule has 6 heteroatoms. The number of rotatable bonds is 8. The predicted octanol–water partition coefficient (Wildman–Crippen LogP) is 7.44. The Bertz CT molecular complexity index is 1240. The van der Waals surface area contributed by atoms with E-state index in [9.17, 15) is 14.3 Å². The van der Waals surface area contributed by atoms with Crippen LogP contribution in [-0.2, 0) is 4.79 Å². The Morgan fingerprint density at radius 2 is 1.59 bits per heavy atom. The van der Waals surface area contributed by atoms with E-state index in [1.54, 1.807) is 38.1 Å². The number of hydrogen-bond acceptors (Lipinski definition) is 2. The molecule has 3 aromatic carbocycles. The van der Waals surface area contributed by atoms with Crippen molar-refractivity contribution in [3.05, 3.63) is 101 Å². The van der Waals surface area contributed by atoms with Crippen LogP contribution >= 0.6 is 0 Å². The summed E-state index contributed by atoms with van der Waals surface area (Å²) in [5.41, 5.74) is 1.07. The summed E-state index contributed by atoms with van der Waals surface area (Å²) >= 11 is 0. The maximum absolute atomic E-state index is 15.2. The van der Waals surface area contributed by atoms with Crippen LogP contribution in [0.5, 0.6) is 5.75 Å². The maximum atomic E-state index is 15.2. The topological polar surface area (TPSA) is 46.5 Å². The summed E-state index contributed by atoms with van der Waals surface area (Å²) in [4.78, 5) is 12.0. The summed E-state index contributed by atoms with van der Waals surface area (Å²) in [7, 11) is 0. The van der Waals surface area contributed by atoms with Crippen molar-refractivity contribution in [3.8, 4) is 16.9 Å². The van der Waals surface area contributed by atoms with Gasteiger partial charge < -0.3 is 9.84 Å². The summed E-state index contributed by atoms with van der Waals surface area (Å²) < 4.78 is 49.7. The molecule has 0 aliphatic rings. The minimum atomic E-state index is -1.33. The Balaban J connectivity index is 2.10. The molecule has 0 aliphatic heterocycles. The molecule has 0 aliphatic carbocycles. The number of halogens is 3. The number of aliphatic carboxylic acids is 1. The first kappa shape index (κ1) is 24.8. The number of benzene rings is 3. The molecule has 3 nitrogen and oxygen atoms in total. The first-order valence-electron chi connectivity index (χ1n) is 10.9. The van der Waals surface area contributed by atoms with Crippen LogP contribution < -0.4 is 4.74 Å². The molecular formula is C28H25F3O3. The molecule has 34 heavy (non-hydrogen) atoms. The van der Waals surface area contributed by atoms with Gasteiger partial charge in [-0.05, 0) is 90.6 Å². The number of aryl methyl sites for hydroxylation is 1. The largest absolute Gasteiger partial charge is 0.494 e. The van der Waals surface area contributed by atoms with E-state index in [0.717, 1.165) is 6.07 Å². The lowest BCUT2D eigenvalue weighted by atomic mass is 9.93. The van der Waals surface area contributed by atoms with Gasteiger partial charge in [0, 0.05) is 0 Å². The minimum Gasteiger partial charge on any atom is -0.494 e. The van der Waals surface area contributed by atoms with Crippen LogP contribution in [0.15, 0.2) is 66.7 Å².